The van der Waals surface area contributed by atoms with Gasteiger partial charge in [-0.2, -0.15) is 0 Å². The molecule has 3 aromatic carbocycles. The van der Waals surface area contributed by atoms with E-state index >= 15 is 0 Å². The molecule has 4 rings (SSSR count). The van der Waals surface area contributed by atoms with Crippen LogP contribution in [-0.2, 0) is 9.59 Å². The van der Waals surface area contributed by atoms with Gasteiger partial charge in [-0.05, 0) is 61.9 Å². The number of anilines is 2. The van der Waals surface area contributed by atoms with Crippen LogP contribution in [0.3, 0.4) is 0 Å². The Morgan fingerprint density at radius 2 is 1.82 bits per heavy atom. The van der Waals surface area contributed by atoms with Crippen molar-refractivity contribution in [1.29, 1.82) is 0 Å². The van der Waals surface area contributed by atoms with Gasteiger partial charge in [0.1, 0.15) is 24.2 Å². The zero-order chi connectivity index (χ0) is 23.7. The molecular weight excluding hydrogens is 448 g/mol. The van der Waals surface area contributed by atoms with Crippen LogP contribution >= 0.6 is 11.6 Å². The minimum Gasteiger partial charge on any atom is -0.324 e. The van der Waals surface area contributed by atoms with Gasteiger partial charge in [0.2, 0.25) is 5.91 Å². The predicted molar refractivity (Wildman–Crippen MR) is 125 cm³/mol. The molecule has 1 heterocycles. The molecule has 1 N–H and O–H groups in total. The molecule has 1 aliphatic rings. The highest BCUT2D eigenvalue weighted by Crippen LogP contribution is 2.31. The minimum absolute atomic E-state index is 0.224. The Bertz CT molecular complexity index is 1290. The number of aliphatic imine (C=N–C) groups is 1. The average Bonchev–Trinajstić information content (AvgIpc) is 2.87. The second-order valence-corrected chi connectivity index (χ2v) is 8.17. The zero-order valence-electron chi connectivity index (χ0n) is 17.9. The smallest absolute Gasteiger partial charge is 0.252 e. The number of carbonyl (C=O) groups excluding carboxylic acids is 2. The first-order valence-electron chi connectivity index (χ1n) is 10.2. The molecule has 0 radical (unpaired) electrons. The zero-order valence-corrected chi connectivity index (χ0v) is 18.7. The van der Waals surface area contributed by atoms with Crippen LogP contribution in [-0.4, -0.2) is 30.1 Å². The summed E-state index contributed by atoms with van der Waals surface area (Å²) in [5.74, 6) is -1.89. The van der Waals surface area contributed by atoms with E-state index in [1.807, 2.05) is 0 Å². The largest absolute Gasteiger partial charge is 0.324 e. The molecular formula is C25H20ClF2N3O2. The number of hydrogen-bond donors (Lipinski definition) is 1. The molecule has 2 amide bonds. The van der Waals surface area contributed by atoms with Crippen molar-refractivity contribution in [3.63, 3.8) is 0 Å². The highest BCUT2D eigenvalue weighted by atomic mass is 35.5. The van der Waals surface area contributed by atoms with Gasteiger partial charge in [0.15, 0.2) is 0 Å². The number of nitrogens with zero attached hydrogens (tertiary/aromatic N) is 2. The lowest BCUT2D eigenvalue weighted by atomic mass is 9.99. The Labute approximate surface area is 194 Å². The third-order valence-electron chi connectivity index (χ3n) is 5.34. The molecule has 5 nitrogen and oxygen atoms in total. The van der Waals surface area contributed by atoms with Gasteiger partial charge in [-0.1, -0.05) is 29.8 Å². The van der Waals surface area contributed by atoms with Crippen molar-refractivity contribution in [2.24, 2.45) is 4.99 Å². The molecule has 8 heteroatoms. The van der Waals surface area contributed by atoms with Crippen LogP contribution in [0.25, 0.3) is 0 Å². The SMILES string of the molecule is Cc1ccc(NC(=O)CN2C(=O)C(C)N=C(c3ccccc3F)c3cc(Cl)ccc32)cc1F. The number of benzene rings is 3. The van der Waals surface area contributed by atoms with Gasteiger partial charge in [-0.3, -0.25) is 14.6 Å². The number of halogens is 3. The number of hydrogen-bond acceptors (Lipinski definition) is 3. The van der Waals surface area contributed by atoms with E-state index in [1.165, 1.54) is 17.0 Å². The highest BCUT2D eigenvalue weighted by Gasteiger charge is 2.31. The summed E-state index contributed by atoms with van der Waals surface area (Å²) in [5.41, 5.74) is 2.03. The molecule has 1 unspecified atom stereocenters. The fourth-order valence-corrected chi connectivity index (χ4v) is 3.81. The molecule has 0 saturated carbocycles. The van der Waals surface area contributed by atoms with E-state index < -0.39 is 29.5 Å². The molecule has 0 saturated heterocycles. The third kappa shape index (κ3) is 4.64. The number of fused-ring (bicyclic) bond motifs is 1. The van der Waals surface area contributed by atoms with Crippen LogP contribution in [0.1, 0.15) is 23.6 Å². The predicted octanol–water partition coefficient (Wildman–Crippen LogP) is 5.14. The lowest BCUT2D eigenvalue weighted by Crippen LogP contribution is -2.42. The van der Waals surface area contributed by atoms with Crippen molar-refractivity contribution >= 4 is 40.5 Å². The van der Waals surface area contributed by atoms with Gasteiger partial charge in [0.25, 0.3) is 5.91 Å². The molecule has 0 bridgehead atoms. The fourth-order valence-electron chi connectivity index (χ4n) is 3.64. The quantitative estimate of drug-likeness (QED) is 0.577. The molecule has 1 atom stereocenters. The number of amides is 2. The van der Waals surface area contributed by atoms with Gasteiger partial charge < -0.3 is 10.2 Å². The number of aryl methyl sites for hydroxylation is 1. The van der Waals surface area contributed by atoms with Crippen LogP contribution in [0.4, 0.5) is 20.2 Å². The second kappa shape index (κ2) is 9.11. The summed E-state index contributed by atoms with van der Waals surface area (Å²) >= 11 is 6.22. The summed E-state index contributed by atoms with van der Waals surface area (Å²) in [6, 6.07) is 14.4. The normalized spacial score (nSPS) is 15.5. The van der Waals surface area contributed by atoms with Gasteiger partial charge in [0.05, 0.1) is 11.4 Å². The van der Waals surface area contributed by atoms with Crippen LogP contribution < -0.4 is 10.2 Å². The van der Waals surface area contributed by atoms with Crippen LogP contribution in [0.5, 0.6) is 0 Å². The molecule has 168 valence electrons. The second-order valence-electron chi connectivity index (χ2n) is 7.73. The summed E-state index contributed by atoms with van der Waals surface area (Å²) in [6.07, 6.45) is 0. The van der Waals surface area contributed by atoms with Crippen LogP contribution in [0, 0.1) is 18.6 Å². The highest BCUT2D eigenvalue weighted by molar-refractivity contribution is 6.32. The number of carbonyl (C=O) groups is 2. The van der Waals surface area contributed by atoms with E-state index in [2.05, 4.69) is 10.3 Å². The minimum atomic E-state index is -0.879. The van der Waals surface area contributed by atoms with E-state index in [4.69, 9.17) is 11.6 Å². The Balaban J connectivity index is 1.72. The third-order valence-corrected chi connectivity index (χ3v) is 5.57. The van der Waals surface area contributed by atoms with Gasteiger partial charge >= 0.3 is 0 Å². The fraction of sp³-hybridized carbons (Fsp3) is 0.160. The number of nitrogens with one attached hydrogen (secondary N) is 1. The monoisotopic (exact) mass is 467 g/mol. The first kappa shape index (κ1) is 22.6. The Hall–Kier alpha value is -3.58. The maximum absolute atomic E-state index is 14.6. The Morgan fingerprint density at radius 1 is 1.06 bits per heavy atom. The van der Waals surface area contributed by atoms with E-state index in [0.717, 1.165) is 0 Å². The summed E-state index contributed by atoms with van der Waals surface area (Å²) in [7, 11) is 0. The van der Waals surface area contributed by atoms with Crippen molar-refractivity contribution < 1.29 is 18.4 Å². The molecule has 0 fully saturated rings. The lowest BCUT2D eigenvalue weighted by molar-refractivity contribution is -0.122. The maximum atomic E-state index is 14.6. The number of rotatable bonds is 4. The first-order chi connectivity index (χ1) is 15.7. The Kier molecular flexibility index (Phi) is 6.24. The van der Waals surface area contributed by atoms with Crippen LogP contribution in [0.15, 0.2) is 65.7 Å². The molecule has 33 heavy (non-hydrogen) atoms. The standard InChI is InChI=1S/C25H20ClF2N3O2/c1-14-7-9-17(12-21(14)28)30-23(32)13-31-22-10-8-16(26)11-19(22)24(29-15(2)25(31)33)18-5-3-4-6-20(18)27/h3-12,15H,13H2,1-2H3,(H,30,32). The first-order valence-corrected chi connectivity index (χ1v) is 10.6. The molecule has 0 spiro atoms. The molecule has 3 aromatic rings. The van der Waals surface area contributed by atoms with E-state index in [1.54, 1.807) is 62.4 Å². The van der Waals surface area contributed by atoms with Gasteiger partial charge in [-0.15, -0.1) is 0 Å². The Morgan fingerprint density at radius 3 is 2.55 bits per heavy atom. The average molecular weight is 468 g/mol. The van der Waals surface area contributed by atoms with Crippen molar-refractivity contribution in [1.82, 2.24) is 0 Å². The summed E-state index contributed by atoms with van der Waals surface area (Å²) < 4.78 is 28.5. The lowest BCUT2D eigenvalue weighted by Gasteiger charge is -2.24. The van der Waals surface area contributed by atoms with Gasteiger partial charge in [0, 0.05) is 21.8 Å². The molecule has 0 aromatic heterocycles. The number of benzodiazepines with no additional fused rings is 1. The van der Waals surface area contributed by atoms with Crippen molar-refractivity contribution in [2.75, 3.05) is 16.8 Å². The van der Waals surface area contributed by atoms with E-state index in [9.17, 15) is 18.4 Å². The topological polar surface area (TPSA) is 61.8 Å². The van der Waals surface area contributed by atoms with Crippen LogP contribution in [0.2, 0.25) is 5.02 Å². The maximum Gasteiger partial charge on any atom is 0.252 e. The summed E-state index contributed by atoms with van der Waals surface area (Å²) in [4.78, 5) is 31.7. The molecule has 1 aliphatic heterocycles. The summed E-state index contributed by atoms with van der Waals surface area (Å²) in [6.45, 7) is 2.86. The van der Waals surface area contributed by atoms with Gasteiger partial charge in [-0.25, -0.2) is 8.78 Å². The van der Waals surface area contributed by atoms with Crippen molar-refractivity contribution in [3.05, 3.63) is 94.0 Å². The summed E-state index contributed by atoms with van der Waals surface area (Å²) in [5, 5.41) is 2.99. The molecule has 0 aliphatic carbocycles. The van der Waals surface area contributed by atoms with E-state index in [0.29, 0.717) is 21.8 Å². The van der Waals surface area contributed by atoms with Crippen molar-refractivity contribution in [3.8, 4) is 0 Å². The van der Waals surface area contributed by atoms with E-state index in [-0.39, 0.29) is 23.5 Å². The van der Waals surface area contributed by atoms with Crippen molar-refractivity contribution in [2.45, 2.75) is 19.9 Å².